The van der Waals surface area contributed by atoms with Gasteiger partial charge in [0.1, 0.15) is 6.10 Å². The largest absolute Gasteiger partial charge is 0.458 e. The number of aliphatic hydroxyl groups is 1. The zero-order valence-electron chi connectivity index (χ0n) is 19.6. The zero-order chi connectivity index (χ0) is 24.0. The molecule has 178 valence electrons. The van der Waals surface area contributed by atoms with Crippen molar-refractivity contribution in [1.29, 1.82) is 0 Å². The summed E-state index contributed by atoms with van der Waals surface area (Å²) in [5.41, 5.74) is 0. The van der Waals surface area contributed by atoms with Crippen molar-refractivity contribution in [2.24, 2.45) is 23.7 Å². The Morgan fingerprint density at radius 1 is 0.581 bits per heavy atom. The standard InChI is InChI=1S/C22H36O9/c1-10(2)19(24)28-15-9-14(23)16(29-20(25)11(3)4)18(31-22(27)13(7)8)17(15)30-21(26)12(5)6/h10-18,23H,9H2,1-8H3. The molecule has 0 saturated heterocycles. The van der Waals surface area contributed by atoms with Gasteiger partial charge in [-0.05, 0) is 0 Å². The van der Waals surface area contributed by atoms with E-state index in [1.807, 2.05) is 0 Å². The summed E-state index contributed by atoms with van der Waals surface area (Å²) in [6, 6.07) is 0. The van der Waals surface area contributed by atoms with Gasteiger partial charge in [-0.15, -0.1) is 0 Å². The molecule has 9 heteroatoms. The summed E-state index contributed by atoms with van der Waals surface area (Å²) in [7, 11) is 0. The van der Waals surface area contributed by atoms with Crippen LogP contribution in [0.5, 0.6) is 0 Å². The van der Waals surface area contributed by atoms with Crippen LogP contribution in [-0.4, -0.2) is 59.5 Å². The second-order valence-corrected chi connectivity index (χ2v) is 9.10. The second kappa shape index (κ2) is 11.5. The minimum atomic E-state index is -1.34. The topological polar surface area (TPSA) is 125 Å². The number of ether oxygens (including phenoxy) is 4. The van der Waals surface area contributed by atoms with Crippen LogP contribution in [0.2, 0.25) is 0 Å². The van der Waals surface area contributed by atoms with Crippen molar-refractivity contribution in [3.63, 3.8) is 0 Å². The van der Waals surface area contributed by atoms with E-state index in [0.29, 0.717) is 0 Å². The van der Waals surface area contributed by atoms with E-state index >= 15 is 0 Å². The number of carbonyl (C=O) groups excluding carboxylic acids is 4. The lowest BCUT2D eigenvalue weighted by Gasteiger charge is -2.43. The molecule has 0 amide bonds. The van der Waals surface area contributed by atoms with Gasteiger partial charge in [-0.25, -0.2) is 0 Å². The van der Waals surface area contributed by atoms with Crippen LogP contribution in [-0.2, 0) is 38.1 Å². The maximum atomic E-state index is 12.4. The Morgan fingerprint density at radius 3 is 1.29 bits per heavy atom. The van der Waals surface area contributed by atoms with E-state index in [1.54, 1.807) is 55.4 Å². The fraction of sp³-hybridized carbons (Fsp3) is 0.818. The molecule has 1 rings (SSSR count). The average molecular weight is 445 g/mol. The predicted octanol–water partition coefficient (Wildman–Crippen LogP) is 2.02. The first kappa shape index (κ1) is 26.9. The third-order valence-corrected chi connectivity index (χ3v) is 4.78. The van der Waals surface area contributed by atoms with E-state index in [-0.39, 0.29) is 6.42 Å². The molecule has 0 spiro atoms. The van der Waals surface area contributed by atoms with Gasteiger partial charge in [0.15, 0.2) is 18.3 Å². The van der Waals surface area contributed by atoms with Crippen LogP contribution in [0, 0.1) is 23.7 Å². The van der Waals surface area contributed by atoms with Crippen molar-refractivity contribution < 1.29 is 43.2 Å². The predicted molar refractivity (Wildman–Crippen MR) is 109 cm³/mol. The maximum absolute atomic E-state index is 12.4. The van der Waals surface area contributed by atoms with Crippen molar-refractivity contribution in [3.8, 4) is 0 Å². The molecule has 0 heterocycles. The summed E-state index contributed by atoms with van der Waals surface area (Å²) in [6.45, 7) is 13.0. The summed E-state index contributed by atoms with van der Waals surface area (Å²) in [5, 5.41) is 10.7. The first-order valence-corrected chi connectivity index (χ1v) is 10.8. The molecule has 0 bridgehead atoms. The van der Waals surface area contributed by atoms with E-state index in [2.05, 4.69) is 0 Å². The molecule has 0 aromatic carbocycles. The molecule has 5 unspecified atom stereocenters. The molecule has 1 fully saturated rings. The Bertz CT molecular complexity index is 653. The Balaban J connectivity index is 3.37. The number of hydrogen-bond acceptors (Lipinski definition) is 9. The fourth-order valence-corrected chi connectivity index (χ4v) is 2.76. The summed E-state index contributed by atoms with van der Waals surface area (Å²) >= 11 is 0. The highest BCUT2D eigenvalue weighted by Gasteiger charge is 2.53. The number of carbonyl (C=O) groups is 4. The minimum absolute atomic E-state index is 0.153. The summed E-state index contributed by atoms with van der Waals surface area (Å²) in [6.07, 6.45) is -6.39. The molecule has 31 heavy (non-hydrogen) atoms. The monoisotopic (exact) mass is 444 g/mol. The summed E-state index contributed by atoms with van der Waals surface area (Å²) in [4.78, 5) is 49.3. The maximum Gasteiger partial charge on any atom is 0.308 e. The molecule has 1 aliphatic carbocycles. The lowest BCUT2D eigenvalue weighted by atomic mass is 9.86. The van der Waals surface area contributed by atoms with Crippen LogP contribution >= 0.6 is 0 Å². The molecule has 9 nitrogen and oxygen atoms in total. The molecule has 1 N–H and O–H groups in total. The van der Waals surface area contributed by atoms with Gasteiger partial charge in [0.05, 0.1) is 29.8 Å². The number of rotatable bonds is 8. The van der Waals surface area contributed by atoms with Crippen molar-refractivity contribution >= 4 is 23.9 Å². The molecule has 0 aliphatic heterocycles. The first-order chi connectivity index (χ1) is 14.3. The number of aliphatic hydroxyl groups excluding tert-OH is 1. The van der Waals surface area contributed by atoms with Gasteiger partial charge in [0.2, 0.25) is 0 Å². The third kappa shape index (κ3) is 7.48. The average Bonchev–Trinajstić information content (AvgIpc) is 2.66. The molecule has 0 radical (unpaired) electrons. The van der Waals surface area contributed by atoms with Crippen molar-refractivity contribution in [2.45, 2.75) is 92.3 Å². The Kier molecular flexibility index (Phi) is 9.93. The fourth-order valence-electron chi connectivity index (χ4n) is 2.76. The van der Waals surface area contributed by atoms with E-state index < -0.39 is 78.1 Å². The first-order valence-electron chi connectivity index (χ1n) is 10.8. The number of hydrogen-bond donors (Lipinski definition) is 1. The van der Waals surface area contributed by atoms with Gasteiger partial charge in [-0.2, -0.15) is 0 Å². The van der Waals surface area contributed by atoms with Gasteiger partial charge in [0, 0.05) is 6.42 Å². The summed E-state index contributed by atoms with van der Waals surface area (Å²) in [5.74, 6) is -4.41. The van der Waals surface area contributed by atoms with Gasteiger partial charge in [-0.1, -0.05) is 55.4 Å². The molecular formula is C22H36O9. The van der Waals surface area contributed by atoms with Crippen LogP contribution < -0.4 is 0 Å². The molecule has 0 aromatic rings. The lowest BCUT2D eigenvalue weighted by molar-refractivity contribution is -0.231. The smallest absolute Gasteiger partial charge is 0.308 e. The quantitative estimate of drug-likeness (QED) is 0.442. The van der Waals surface area contributed by atoms with Crippen LogP contribution in [0.1, 0.15) is 61.8 Å². The molecule has 1 saturated carbocycles. The van der Waals surface area contributed by atoms with Gasteiger partial charge in [-0.3, -0.25) is 19.2 Å². The normalized spacial score (nSPS) is 26.2. The Morgan fingerprint density at radius 2 is 0.903 bits per heavy atom. The van der Waals surface area contributed by atoms with Crippen LogP contribution in [0.3, 0.4) is 0 Å². The Labute approximate surface area is 183 Å². The minimum Gasteiger partial charge on any atom is -0.458 e. The molecule has 5 atom stereocenters. The third-order valence-electron chi connectivity index (χ3n) is 4.78. The van der Waals surface area contributed by atoms with Crippen molar-refractivity contribution in [1.82, 2.24) is 0 Å². The van der Waals surface area contributed by atoms with Crippen LogP contribution in [0.15, 0.2) is 0 Å². The Hall–Kier alpha value is -2.16. The van der Waals surface area contributed by atoms with Gasteiger partial charge in [0.25, 0.3) is 0 Å². The van der Waals surface area contributed by atoms with E-state index in [9.17, 15) is 24.3 Å². The SMILES string of the molecule is CC(C)C(=O)OC1CC(O)C(OC(=O)C(C)C)C(OC(=O)C(C)C)C1OC(=O)C(C)C. The van der Waals surface area contributed by atoms with E-state index in [4.69, 9.17) is 18.9 Å². The zero-order valence-corrected chi connectivity index (χ0v) is 19.6. The highest BCUT2D eigenvalue weighted by Crippen LogP contribution is 2.32. The van der Waals surface area contributed by atoms with Crippen LogP contribution in [0.25, 0.3) is 0 Å². The van der Waals surface area contributed by atoms with Crippen molar-refractivity contribution in [2.75, 3.05) is 0 Å². The van der Waals surface area contributed by atoms with Crippen LogP contribution in [0.4, 0.5) is 0 Å². The van der Waals surface area contributed by atoms with E-state index in [0.717, 1.165) is 0 Å². The highest BCUT2D eigenvalue weighted by molar-refractivity contribution is 5.74. The molecule has 0 aromatic heterocycles. The summed E-state index contributed by atoms with van der Waals surface area (Å²) < 4.78 is 22.0. The van der Waals surface area contributed by atoms with Gasteiger partial charge >= 0.3 is 23.9 Å². The lowest BCUT2D eigenvalue weighted by Crippen LogP contribution is -2.61. The number of esters is 4. The van der Waals surface area contributed by atoms with E-state index in [1.165, 1.54) is 0 Å². The highest BCUT2D eigenvalue weighted by atomic mass is 16.6. The van der Waals surface area contributed by atoms with Gasteiger partial charge < -0.3 is 24.1 Å². The van der Waals surface area contributed by atoms with Crippen molar-refractivity contribution in [3.05, 3.63) is 0 Å². The molecular weight excluding hydrogens is 408 g/mol. The molecule has 1 aliphatic rings. The second-order valence-electron chi connectivity index (χ2n) is 9.10.